The van der Waals surface area contributed by atoms with Gasteiger partial charge in [-0.25, -0.2) is 8.42 Å². The molecule has 0 aliphatic rings. The molecule has 1 amide bonds. The topological polar surface area (TPSA) is 84.5 Å². The lowest BCUT2D eigenvalue weighted by molar-refractivity contribution is -0.123. The van der Waals surface area contributed by atoms with Crippen LogP contribution in [0.4, 0.5) is 5.69 Å². The molecule has 2 N–H and O–H groups in total. The van der Waals surface area contributed by atoms with Crippen LogP contribution in [-0.2, 0) is 14.8 Å². The van der Waals surface area contributed by atoms with E-state index >= 15 is 0 Å². The van der Waals surface area contributed by atoms with E-state index in [4.69, 9.17) is 4.74 Å². The second-order valence-corrected chi connectivity index (χ2v) is 8.57. The number of rotatable bonds is 8. The number of anilines is 1. The third-order valence-electron chi connectivity index (χ3n) is 4.52. The summed E-state index contributed by atoms with van der Waals surface area (Å²) in [6, 6.07) is 22.7. The Hall–Kier alpha value is -3.32. The summed E-state index contributed by atoms with van der Waals surface area (Å²) < 4.78 is 33.3. The number of nitrogens with one attached hydrogen (secondary N) is 2. The quantitative estimate of drug-likeness (QED) is 0.571. The Morgan fingerprint density at radius 3 is 2.23 bits per heavy atom. The molecule has 0 bridgehead atoms. The predicted octanol–water partition coefficient (Wildman–Crippen LogP) is 4.05. The van der Waals surface area contributed by atoms with Crippen LogP contribution in [-0.4, -0.2) is 20.9 Å². The minimum atomic E-state index is -3.72. The van der Waals surface area contributed by atoms with Crippen molar-refractivity contribution in [2.45, 2.75) is 24.8 Å². The predicted molar refractivity (Wildman–Crippen MR) is 117 cm³/mol. The maximum absolute atomic E-state index is 12.6. The van der Waals surface area contributed by atoms with Crippen molar-refractivity contribution >= 4 is 21.6 Å². The Kier molecular flexibility index (Phi) is 6.74. The van der Waals surface area contributed by atoms with E-state index < -0.39 is 10.0 Å². The van der Waals surface area contributed by atoms with E-state index in [1.165, 1.54) is 12.1 Å². The highest BCUT2D eigenvalue weighted by Gasteiger charge is 2.16. The Balaban J connectivity index is 1.60. The maximum Gasteiger partial charge on any atom is 0.261 e. The highest BCUT2D eigenvalue weighted by molar-refractivity contribution is 7.92. The molecule has 30 heavy (non-hydrogen) atoms. The monoisotopic (exact) mass is 424 g/mol. The van der Waals surface area contributed by atoms with E-state index in [0.29, 0.717) is 17.0 Å². The highest BCUT2D eigenvalue weighted by Crippen LogP contribution is 2.23. The van der Waals surface area contributed by atoms with Gasteiger partial charge in [0.1, 0.15) is 5.75 Å². The van der Waals surface area contributed by atoms with Crippen LogP contribution in [0, 0.1) is 6.92 Å². The number of hydrogen-bond acceptors (Lipinski definition) is 4. The summed E-state index contributed by atoms with van der Waals surface area (Å²) in [5.41, 5.74) is 2.11. The van der Waals surface area contributed by atoms with E-state index in [1.54, 1.807) is 37.3 Å². The number of para-hydroxylation sites is 1. The molecular formula is C23H24N2O4S. The molecule has 156 valence electrons. The lowest BCUT2D eigenvalue weighted by atomic mass is 10.1. The fourth-order valence-corrected chi connectivity index (χ4v) is 4.07. The summed E-state index contributed by atoms with van der Waals surface area (Å²) in [5, 5.41) is 2.88. The van der Waals surface area contributed by atoms with Gasteiger partial charge in [0.2, 0.25) is 0 Å². The molecule has 3 aromatic rings. The number of hydrogen-bond donors (Lipinski definition) is 2. The van der Waals surface area contributed by atoms with Gasteiger partial charge in [-0.15, -0.1) is 0 Å². The van der Waals surface area contributed by atoms with E-state index in [1.807, 2.05) is 43.3 Å². The zero-order chi connectivity index (χ0) is 21.6. The minimum Gasteiger partial charge on any atom is -0.484 e. The van der Waals surface area contributed by atoms with Crippen LogP contribution >= 0.6 is 0 Å². The van der Waals surface area contributed by atoms with Gasteiger partial charge in [-0.3, -0.25) is 9.52 Å². The molecule has 0 aromatic heterocycles. The van der Waals surface area contributed by atoms with Crippen LogP contribution < -0.4 is 14.8 Å². The molecule has 0 saturated heterocycles. The van der Waals surface area contributed by atoms with E-state index in [-0.39, 0.29) is 23.5 Å². The van der Waals surface area contributed by atoms with Crippen molar-refractivity contribution in [3.63, 3.8) is 0 Å². The summed E-state index contributed by atoms with van der Waals surface area (Å²) in [7, 11) is -3.72. The van der Waals surface area contributed by atoms with E-state index in [2.05, 4.69) is 10.0 Å². The van der Waals surface area contributed by atoms with Gasteiger partial charge >= 0.3 is 0 Å². The van der Waals surface area contributed by atoms with Crippen molar-refractivity contribution in [1.29, 1.82) is 0 Å². The molecule has 6 nitrogen and oxygen atoms in total. The fourth-order valence-electron chi connectivity index (χ4n) is 2.92. The molecule has 0 aliphatic carbocycles. The van der Waals surface area contributed by atoms with Crippen LogP contribution in [0.2, 0.25) is 0 Å². The van der Waals surface area contributed by atoms with Gasteiger partial charge in [0.25, 0.3) is 15.9 Å². The summed E-state index contributed by atoms with van der Waals surface area (Å²) in [6.45, 7) is 3.48. The molecule has 0 radical (unpaired) electrons. The maximum atomic E-state index is 12.6. The molecule has 1 unspecified atom stereocenters. The largest absolute Gasteiger partial charge is 0.484 e. The molecule has 7 heteroatoms. The van der Waals surface area contributed by atoms with Crippen molar-refractivity contribution in [1.82, 2.24) is 5.32 Å². The molecule has 3 rings (SSSR count). The normalized spacial score (nSPS) is 12.1. The number of benzene rings is 3. The number of amides is 1. The van der Waals surface area contributed by atoms with Crippen molar-refractivity contribution in [2.75, 3.05) is 11.3 Å². The highest BCUT2D eigenvalue weighted by atomic mass is 32.2. The zero-order valence-electron chi connectivity index (χ0n) is 16.8. The fraction of sp³-hybridized carbons (Fsp3) is 0.174. The van der Waals surface area contributed by atoms with Gasteiger partial charge in [-0.05, 0) is 55.3 Å². The number of carbonyl (C=O) groups excluding carboxylic acids is 1. The van der Waals surface area contributed by atoms with Gasteiger partial charge in [0.15, 0.2) is 6.61 Å². The second kappa shape index (κ2) is 9.45. The number of carbonyl (C=O) groups is 1. The number of ether oxygens (including phenoxy) is 1. The van der Waals surface area contributed by atoms with Crippen LogP contribution in [0.5, 0.6) is 5.75 Å². The van der Waals surface area contributed by atoms with Crippen molar-refractivity contribution < 1.29 is 17.9 Å². The smallest absolute Gasteiger partial charge is 0.261 e. The summed E-state index contributed by atoms with van der Waals surface area (Å²) in [4.78, 5) is 12.3. The first-order valence-electron chi connectivity index (χ1n) is 9.51. The molecule has 0 fully saturated rings. The first-order valence-corrected chi connectivity index (χ1v) is 11.0. The lowest BCUT2D eigenvalue weighted by Gasteiger charge is -2.15. The SMILES string of the molecule is Cc1cc(S(=O)(=O)Nc2ccccc2)ccc1OCC(=O)NC(C)c1ccccc1. The lowest BCUT2D eigenvalue weighted by Crippen LogP contribution is -2.31. The van der Waals surface area contributed by atoms with Crippen LogP contribution in [0.15, 0.2) is 83.8 Å². The molecule has 1 atom stereocenters. The Bertz CT molecular complexity index is 1100. The van der Waals surface area contributed by atoms with Crippen molar-refractivity contribution in [3.05, 3.63) is 90.0 Å². The average Bonchev–Trinajstić information content (AvgIpc) is 2.74. The molecule has 3 aromatic carbocycles. The zero-order valence-corrected chi connectivity index (χ0v) is 17.6. The van der Waals surface area contributed by atoms with E-state index in [9.17, 15) is 13.2 Å². The van der Waals surface area contributed by atoms with E-state index in [0.717, 1.165) is 5.56 Å². The van der Waals surface area contributed by atoms with Gasteiger partial charge in [0.05, 0.1) is 10.9 Å². The van der Waals surface area contributed by atoms with Gasteiger partial charge in [0, 0.05) is 5.69 Å². The third kappa shape index (κ3) is 5.61. The molecule has 0 saturated carbocycles. The molecule has 0 spiro atoms. The van der Waals surface area contributed by atoms with Gasteiger partial charge < -0.3 is 10.1 Å². The molecule has 0 heterocycles. The summed E-state index contributed by atoms with van der Waals surface area (Å²) >= 11 is 0. The Labute approximate surface area is 177 Å². The first kappa shape index (κ1) is 21.4. The van der Waals surface area contributed by atoms with Crippen LogP contribution in [0.25, 0.3) is 0 Å². The average molecular weight is 425 g/mol. The number of aryl methyl sites for hydroxylation is 1. The van der Waals surface area contributed by atoms with Crippen LogP contribution in [0.3, 0.4) is 0 Å². The summed E-state index contributed by atoms with van der Waals surface area (Å²) in [6.07, 6.45) is 0. The standard InChI is InChI=1S/C23H24N2O4S/c1-17-15-21(30(27,28)25-20-11-7-4-8-12-20)13-14-22(17)29-16-23(26)24-18(2)19-9-5-3-6-10-19/h3-15,18,25H,16H2,1-2H3,(H,24,26). The summed E-state index contributed by atoms with van der Waals surface area (Å²) in [5.74, 6) is 0.198. The first-order chi connectivity index (χ1) is 14.3. The van der Waals surface area contributed by atoms with Crippen LogP contribution in [0.1, 0.15) is 24.1 Å². The van der Waals surface area contributed by atoms with Crippen molar-refractivity contribution in [3.8, 4) is 5.75 Å². The molecule has 0 aliphatic heterocycles. The third-order valence-corrected chi connectivity index (χ3v) is 5.90. The Morgan fingerprint density at radius 2 is 1.60 bits per heavy atom. The Morgan fingerprint density at radius 1 is 0.967 bits per heavy atom. The minimum absolute atomic E-state index is 0.123. The number of sulfonamides is 1. The van der Waals surface area contributed by atoms with Crippen molar-refractivity contribution in [2.24, 2.45) is 0 Å². The van der Waals surface area contributed by atoms with Gasteiger partial charge in [-0.1, -0.05) is 48.5 Å². The second-order valence-electron chi connectivity index (χ2n) is 6.89. The van der Waals surface area contributed by atoms with Gasteiger partial charge in [-0.2, -0.15) is 0 Å². The molecular weight excluding hydrogens is 400 g/mol.